The van der Waals surface area contributed by atoms with Gasteiger partial charge in [-0.2, -0.15) is 10.8 Å². The molecule has 0 bridgehead atoms. The number of ether oxygens (including phenoxy) is 2. The normalized spacial score (nSPS) is 26.1. The highest BCUT2D eigenvalue weighted by Crippen LogP contribution is 2.46. The van der Waals surface area contributed by atoms with Gasteiger partial charge in [-0.05, 0) is 61.8 Å². The van der Waals surface area contributed by atoms with Crippen molar-refractivity contribution in [2.45, 2.75) is 45.3 Å². The molecule has 3 aromatic rings. The summed E-state index contributed by atoms with van der Waals surface area (Å²) < 4.78 is 13.5. The molecule has 0 radical (unpaired) electrons. The molecule has 1 aromatic heterocycles. The van der Waals surface area contributed by atoms with Crippen molar-refractivity contribution in [1.29, 1.82) is 0 Å². The molecule has 1 aliphatic carbocycles. The molecule has 4 aliphatic rings. The van der Waals surface area contributed by atoms with Crippen LogP contribution in [0.2, 0.25) is 0 Å². The second-order valence-corrected chi connectivity index (χ2v) is 11.1. The first kappa shape index (κ1) is 25.6. The van der Waals surface area contributed by atoms with Crippen molar-refractivity contribution in [3.63, 3.8) is 0 Å². The summed E-state index contributed by atoms with van der Waals surface area (Å²) in [5.41, 5.74) is 5.23. The number of allylic oxidation sites excluding steroid dienone is 2. The Morgan fingerprint density at radius 2 is 2.05 bits per heavy atom. The molecule has 7 rings (SSSR count). The minimum absolute atomic E-state index is 0.00454. The average molecular weight is 550 g/mol. The molecule has 9 nitrogen and oxygen atoms in total. The van der Waals surface area contributed by atoms with Gasteiger partial charge in [0.05, 0.1) is 24.6 Å². The summed E-state index contributed by atoms with van der Waals surface area (Å²) in [6.07, 6.45) is 12.8. The molecular weight excluding hydrogens is 516 g/mol. The van der Waals surface area contributed by atoms with Crippen LogP contribution in [0, 0.1) is 11.8 Å². The molecule has 2 N–H and O–H groups in total. The van der Waals surface area contributed by atoms with Crippen LogP contribution in [0.25, 0.3) is 0 Å². The third kappa shape index (κ3) is 4.51. The summed E-state index contributed by atoms with van der Waals surface area (Å²) in [4.78, 5) is 26.0. The van der Waals surface area contributed by atoms with E-state index >= 15 is 0 Å². The zero-order valence-corrected chi connectivity index (χ0v) is 23.0. The maximum atomic E-state index is 12.3. The maximum Gasteiger partial charge on any atom is 0.374 e. The number of aryl methyl sites for hydroxylation is 1. The van der Waals surface area contributed by atoms with Crippen molar-refractivity contribution in [3.8, 4) is 5.75 Å². The van der Waals surface area contributed by atoms with Gasteiger partial charge in [-0.1, -0.05) is 36.4 Å². The van der Waals surface area contributed by atoms with Crippen LogP contribution < -0.4 is 10.6 Å². The number of fused-ring (bicyclic) bond motifs is 2. The van der Waals surface area contributed by atoms with Gasteiger partial charge in [-0.25, -0.2) is 9.78 Å². The molecule has 3 aliphatic heterocycles. The van der Waals surface area contributed by atoms with E-state index in [0.29, 0.717) is 24.9 Å². The molecule has 2 unspecified atom stereocenters. The number of benzene rings is 2. The highest BCUT2D eigenvalue weighted by atomic mass is 16.5. The second kappa shape index (κ2) is 10.2. The third-order valence-electron chi connectivity index (χ3n) is 8.52. The van der Waals surface area contributed by atoms with Gasteiger partial charge < -0.3 is 14.0 Å². The van der Waals surface area contributed by atoms with E-state index in [-0.39, 0.29) is 22.6 Å². The van der Waals surface area contributed by atoms with Crippen LogP contribution in [0.1, 0.15) is 59.6 Å². The molecule has 1 fully saturated rings. The Bertz CT molecular complexity index is 1610. The molecule has 9 heteroatoms. The quantitative estimate of drug-likeness (QED) is 0.252. The smallest absolute Gasteiger partial charge is 0.374 e. The van der Waals surface area contributed by atoms with E-state index in [1.165, 1.54) is 11.1 Å². The standard InChI is InChI=1S/C32H33N6O3/c1-2-40-32(39)30-35-12-14-37(30)20-21-16-25(17-21)29-26-19-34-13-15-38(26,33)31(36-29)24-9-8-23-10-11-27(41-28(23)18-24)22-6-4-3-5-7-22/h3-9,12-15,18-19,21,25,27H,2,10-11,16-17,20,33H2,1H3/q+1. The zero-order valence-electron chi connectivity index (χ0n) is 23.0. The number of quaternary nitrogens is 1. The predicted molar refractivity (Wildman–Crippen MR) is 155 cm³/mol. The summed E-state index contributed by atoms with van der Waals surface area (Å²) in [6, 6.07) is 16.7. The van der Waals surface area contributed by atoms with E-state index < -0.39 is 0 Å². The van der Waals surface area contributed by atoms with Crippen molar-refractivity contribution in [3.05, 3.63) is 107 Å². The van der Waals surface area contributed by atoms with E-state index in [2.05, 4.69) is 52.4 Å². The summed E-state index contributed by atoms with van der Waals surface area (Å²) in [5.74, 6) is 9.32. The molecule has 2 atom stereocenters. The number of aromatic nitrogens is 2. The van der Waals surface area contributed by atoms with Crippen LogP contribution >= 0.6 is 0 Å². The number of esters is 1. The van der Waals surface area contributed by atoms with Crippen LogP contribution in [-0.2, 0) is 17.7 Å². The first-order valence-electron chi connectivity index (χ1n) is 14.3. The van der Waals surface area contributed by atoms with Crippen LogP contribution in [-0.4, -0.2) is 38.8 Å². The molecule has 0 amide bonds. The Hall–Kier alpha value is -4.34. The summed E-state index contributed by atoms with van der Waals surface area (Å²) >= 11 is 0. The number of amidine groups is 1. The van der Waals surface area contributed by atoms with Crippen molar-refractivity contribution in [1.82, 2.24) is 9.55 Å². The maximum absolute atomic E-state index is 12.3. The second-order valence-electron chi connectivity index (χ2n) is 11.1. The molecule has 0 saturated heterocycles. The van der Waals surface area contributed by atoms with Gasteiger partial charge in [0, 0.05) is 24.9 Å². The lowest BCUT2D eigenvalue weighted by Gasteiger charge is -2.35. The van der Waals surface area contributed by atoms with Crippen molar-refractivity contribution in [2.24, 2.45) is 27.7 Å². The number of aliphatic imine (C=N–C) groups is 2. The van der Waals surface area contributed by atoms with E-state index in [9.17, 15) is 4.79 Å². The third-order valence-corrected chi connectivity index (χ3v) is 8.52. The topological polar surface area (TPSA) is 104 Å². The Morgan fingerprint density at radius 3 is 2.88 bits per heavy atom. The minimum atomic E-state index is -0.386. The Balaban J connectivity index is 1.12. The van der Waals surface area contributed by atoms with Gasteiger partial charge in [0.15, 0.2) is 0 Å². The number of imidazole rings is 1. The number of carbonyl (C=O) groups excluding carboxylic acids is 1. The van der Waals surface area contributed by atoms with Gasteiger partial charge >= 0.3 is 5.97 Å². The molecule has 1 saturated carbocycles. The number of nitrogens with two attached hydrogens (primary N) is 1. The van der Waals surface area contributed by atoms with E-state index in [4.69, 9.17) is 20.3 Å². The summed E-state index contributed by atoms with van der Waals surface area (Å²) in [6.45, 7) is 2.84. The Kier molecular flexibility index (Phi) is 6.40. The fraction of sp³-hybridized carbons (Fsp3) is 0.312. The van der Waals surface area contributed by atoms with Crippen LogP contribution in [0.3, 0.4) is 0 Å². The summed E-state index contributed by atoms with van der Waals surface area (Å²) in [5, 5.41) is 0. The van der Waals surface area contributed by atoms with Crippen molar-refractivity contribution in [2.75, 3.05) is 6.61 Å². The number of hydrogen-bond acceptors (Lipinski definition) is 7. The Labute approximate surface area is 238 Å². The largest absolute Gasteiger partial charge is 0.485 e. The van der Waals surface area contributed by atoms with E-state index in [1.54, 1.807) is 19.3 Å². The molecular formula is C32H33N6O3+. The van der Waals surface area contributed by atoms with Gasteiger partial charge in [0.2, 0.25) is 11.5 Å². The monoisotopic (exact) mass is 549 g/mol. The Morgan fingerprint density at radius 1 is 1.20 bits per heavy atom. The fourth-order valence-corrected chi connectivity index (χ4v) is 6.35. The highest BCUT2D eigenvalue weighted by molar-refractivity contribution is 6.00. The fourth-order valence-electron chi connectivity index (χ4n) is 6.35. The van der Waals surface area contributed by atoms with E-state index in [1.807, 2.05) is 29.2 Å². The zero-order chi connectivity index (χ0) is 28.0. The lowest BCUT2D eigenvalue weighted by molar-refractivity contribution is -0.750. The van der Waals surface area contributed by atoms with Crippen LogP contribution in [0.5, 0.6) is 5.75 Å². The lowest BCUT2D eigenvalue weighted by atomic mass is 9.72. The van der Waals surface area contributed by atoms with Gasteiger partial charge in [0.1, 0.15) is 23.8 Å². The van der Waals surface area contributed by atoms with Crippen molar-refractivity contribution >= 4 is 18.0 Å². The molecule has 2 aromatic carbocycles. The SMILES string of the molecule is CCOC(=O)c1nccn1CC1CC(C2=C3C=NC=C[N+]3(N)C(c3ccc4c(c3)OC(c3ccccc3)CC4)=N2)C1. The van der Waals surface area contributed by atoms with Gasteiger partial charge in [-0.15, -0.1) is 4.59 Å². The van der Waals surface area contributed by atoms with Gasteiger partial charge in [0.25, 0.3) is 5.84 Å². The highest BCUT2D eigenvalue weighted by Gasteiger charge is 2.48. The van der Waals surface area contributed by atoms with E-state index in [0.717, 1.165) is 54.2 Å². The average Bonchev–Trinajstić information content (AvgIpc) is 3.57. The molecule has 208 valence electrons. The first-order valence-corrected chi connectivity index (χ1v) is 14.3. The van der Waals surface area contributed by atoms with Crippen LogP contribution in [0.4, 0.5) is 0 Å². The molecule has 41 heavy (non-hydrogen) atoms. The number of carbonyl (C=O) groups is 1. The number of nitrogens with zero attached hydrogens (tertiary/aromatic N) is 5. The van der Waals surface area contributed by atoms with Crippen LogP contribution in [0.15, 0.2) is 94.7 Å². The lowest BCUT2D eigenvalue weighted by Crippen LogP contribution is -2.53. The molecule has 0 spiro atoms. The summed E-state index contributed by atoms with van der Waals surface area (Å²) in [7, 11) is 0. The number of hydrogen-bond donors (Lipinski definition) is 1. The number of rotatable bonds is 7. The molecule has 4 heterocycles. The first-order chi connectivity index (χ1) is 20.0. The minimum Gasteiger partial charge on any atom is -0.485 e. The predicted octanol–water partition coefficient (Wildman–Crippen LogP) is 5.07. The van der Waals surface area contributed by atoms with Crippen molar-refractivity contribution < 1.29 is 18.9 Å². The van der Waals surface area contributed by atoms with Gasteiger partial charge in [-0.3, -0.25) is 4.99 Å².